The average Bonchev–Trinajstić information content (AvgIpc) is 2.35. The maximum Gasteiger partial charge on any atom is 0.513 e. The summed E-state index contributed by atoms with van der Waals surface area (Å²) >= 11 is 0. The van der Waals surface area contributed by atoms with E-state index in [2.05, 4.69) is 11.7 Å². The summed E-state index contributed by atoms with van der Waals surface area (Å²) in [5, 5.41) is 8.22. The fourth-order valence-corrected chi connectivity index (χ4v) is 2.08. The van der Waals surface area contributed by atoms with Gasteiger partial charge in [-0.25, -0.2) is 4.79 Å². The Bertz CT molecular complexity index is 238. The first-order chi connectivity index (χ1) is 9.16. The van der Waals surface area contributed by atoms with Crippen molar-refractivity contribution in [3.05, 3.63) is 0 Å². The molecule has 0 aliphatic carbocycles. The third kappa shape index (κ3) is 14.9. The van der Waals surface area contributed by atoms with Crippen molar-refractivity contribution < 1.29 is 19.4 Å². The van der Waals surface area contributed by atoms with Crippen molar-refractivity contribution in [3.63, 3.8) is 0 Å². The van der Waals surface area contributed by atoms with E-state index >= 15 is 0 Å². The first-order valence-corrected chi connectivity index (χ1v) is 7.60. The number of carboxylic acid groups (broad SMARTS) is 1. The molecular formula is C15H28O4. The van der Waals surface area contributed by atoms with Crippen LogP contribution in [0, 0.1) is 0 Å². The zero-order chi connectivity index (χ0) is 14.3. The molecule has 4 nitrogen and oxygen atoms in total. The number of hydrogen-bond donors (Lipinski definition) is 1. The van der Waals surface area contributed by atoms with E-state index in [0.717, 1.165) is 19.3 Å². The van der Waals surface area contributed by atoms with Crippen LogP contribution in [0.4, 0.5) is 4.79 Å². The summed E-state index contributed by atoms with van der Waals surface area (Å²) in [6, 6.07) is 0. The van der Waals surface area contributed by atoms with Crippen LogP contribution < -0.4 is 0 Å². The van der Waals surface area contributed by atoms with Crippen LogP contribution >= 0.6 is 0 Å². The Morgan fingerprint density at radius 1 is 0.789 bits per heavy atom. The quantitative estimate of drug-likeness (QED) is 0.311. The molecule has 0 saturated heterocycles. The minimum Gasteiger partial charge on any atom is -0.449 e. The van der Waals surface area contributed by atoms with Crippen molar-refractivity contribution in [2.24, 2.45) is 0 Å². The van der Waals surface area contributed by atoms with E-state index in [0.29, 0.717) is 0 Å². The highest BCUT2D eigenvalue weighted by molar-refractivity contribution is 5.80. The minimum absolute atomic E-state index is 0.212. The molecule has 19 heavy (non-hydrogen) atoms. The molecule has 1 N–H and O–H groups in total. The normalized spacial score (nSPS) is 10.4. The van der Waals surface area contributed by atoms with Crippen LogP contribution in [-0.2, 0) is 9.53 Å². The summed E-state index contributed by atoms with van der Waals surface area (Å²) in [5.41, 5.74) is 0. The van der Waals surface area contributed by atoms with Gasteiger partial charge in [-0.05, 0) is 6.42 Å². The van der Waals surface area contributed by atoms with Crippen LogP contribution in [0.1, 0.15) is 84.0 Å². The molecule has 0 aromatic rings. The van der Waals surface area contributed by atoms with Crippen molar-refractivity contribution in [1.82, 2.24) is 0 Å². The third-order valence-electron chi connectivity index (χ3n) is 3.19. The number of ether oxygens (including phenoxy) is 1. The smallest absolute Gasteiger partial charge is 0.449 e. The van der Waals surface area contributed by atoms with Gasteiger partial charge in [0.1, 0.15) is 0 Å². The largest absolute Gasteiger partial charge is 0.513 e. The van der Waals surface area contributed by atoms with Gasteiger partial charge >= 0.3 is 12.1 Å². The molecule has 4 heteroatoms. The number of rotatable bonds is 12. The molecule has 0 spiro atoms. The molecule has 0 radical (unpaired) electrons. The molecule has 0 atom stereocenters. The molecule has 0 heterocycles. The zero-order valence-electron chi connectivity index (χ0n) is 12.2. The lowest BCUT2D eigenvalue weighted by molar-refractivity contribution is -0.139. The maximum absolute atomic E-state index is 10.9. The van der Waals surface area contributed by atoms with E-state index in [-0.39, 0.29) is 6.42 Å². The van der Waals surface area contributed by atoms with Gasteiger partial charge in [0, 0.05) is 6.42 Å². The summed E-state index contributed by atoms with van der Waals surface area (Å²) in [5.74, 6) is -0.636. The molecule has 0 aliphatic heterocycles. The highest BCUT2D eigenvalue weighted by Gasteiger charge is 2.06. The molecule has 0 saturated carbocycles. The fourth-order valence-electron chi connectivity index (χ4n) is 2.08. The number of hydrogen-bond acceptors (Lipinski definition) is 3. The summed E-state index contributed by atoms with van der Waals surface area (Å²) < 4.78 is 4.02. The van der Waals surface area contributed by atoms with E-state index in [1.807, 2.05) is 0 Å². The van der Waals surface area contributed by atoms with Crippen molar-refractivity contribution in [3.8, 4) is 0 Å². The lowest BCUT2D eigenvalue weighted by Gasteiger charge is -2.02. The Morgan fingerprint density at radius 2 is 1.21 bits per heavy atom. The van der Waals surface area contributed by atoms with E-state index in [1.54, 1.807) is 0 Å². The summed E-state index contributed by atoms with van der Waals surface area (Å²) in [6.07, 6.45) is 12.0. The fraction of sp³-hybridized carbons (Fsp3) is 0.867. The summed E-state index contributed by atoms with van der Waals surface area (Å²) in [7, 11) is 0. The predicted octanol–water partition coefficient (Wildman–Crippen LogP) is 4.91. The molecule has 0 amide bonds. The molecular weight excluding hydrogens is 244 g/mol. The van der Waals surface area contributed by atoms with Crippen LogP contribution in [0.25, 0.3) is 0 Å². The monoisotopic (exact) mass is 272 g/mol. The van der Waals surface area contributed by atoms with Crippen LogP contribution in [0.15, 0.2) is 0 Å². The number of esters is 1. The van der Waals surface area contributed by atoms with Crippen LogP contribution in [0.5, 0.6) is 0 Å². The van der Waals surface area contributed by atoms with E-state index in [4.69, 9.17) is 5.11 Å². The van der Waals surface area contributed by atoms with Crippen molar-refractivity contribution in [2.75, 3.05) is 0 Å². The van der Waals surface area contributed by atoms with Gasteiger partial charge < -0.3 is 9.84 Å². The highest BCUT2D eigenvalue weighted by atomic mass is 16.7. The zero-order valence-corrected chi connectivity index (χ0v) is 12.2. The Hall–Kier alpha value is -1.06. The topological polar surface area (TPSA) is 63.6 Å². The molecule has 0 unspecified atom stereocenters. The Morgan fingerprint density at radius 3 is 1.63 bits per heavy atom. The lowest BCUT2D eigenvalue weighted by atomic mass is 10.1. The van der Waals surface area contributed by atoms with Gasteiger partial charge in [-0.15, -0.1) is 0 Å². The summed E-state index contributed by atoms with van der Waals surface area (Å²) in [6.45, 7) is 2.23. The van der Waals surface area contributed by atoms with Crippen LogP contribution in [-0.4, -0.2) is 17.2 Å². The molecule has 0 aliphatic rings. The molecule has 0 aromatic heterocycles. The van der Waals surface area contributed by atoms with Gasteiger partial charge in [-0.3, -0.25) is 4.79 Å². The number of carbonyl (C=O) groups excluding carboxylic acids is 1. The minimum atomic E-state index is -1.51. The van der Waals surface area contributed by atoms with E-state index in [1.165, 1.54) is 51.4 Å². The van der Waals surface area contributed by atoms with E-state index in [9.17, 15) is 9.59 Å². The van der Waals surface area contributed by atoms with Crippen LogP contribution in [0.2, 0.25) is 0 Å². The molecule has 0 fully saturated rings. The van der Waals surface area contributed by atoms with E-state index < -0.39 is 12.1 Å². The second-order valence-electron chi connectivity index (χ2n) is 5.03. The molecule has 0 rings (SSSR count). The SMILES string of the molecule is CCCCCCCCCCCCCC(=O)OC(=O)O. The van der Waals surface area contributed by atoms with Gasteiger partial charge in [-0.1, -0.05) is 71.1 Å². The van der Waals surface area contributed by atoms with Crippen molar-refractivity contribution >= 4 is 12.1 Å². The second kappa shape index (κ2) is 13.4. The average molecular weight is 272 g/mol. The second-order valence-corrected chi connectivity index (χ2v) is 5.03. The number of carbonyl (C=O) groups is 2. The maximum atomic E-state index is 10.9. The molecule has 0 bridgehead atoms. The van der Waals surface area contributed by atoms with Gasteiger partial charge in [0.2, 0.25) is 0 Å². The van der Waals surface area contributed by atoms with Crippen molar-refractivity contribution in [2.45, 2.75) is 84.0 Å². The molecule has 112 valence electrons. The first-order valence-electron chi connectivity index (χ1n) is 7.60. The van der Waals surface area contributed by atoms with Crippen LogP contribution in [0.3, 0.4) is 0 Å². The van der Waals surface area contributed by atoms with Gasteiger partial charge in [-0.2, -0.15) is 0 Å². The Labute approximate surface area is 116 Å². The van der Waals surface area contributed by atoms with Crippen molar-refractivity contribution in [1.29, 1.82) is 0 Å². The first kappa shape index (κ1) is 17.9. The van der Waals surface area contributed by atoms with Gasteiger partial charge in [0.15, 0.2) is 0 Å². The lowest BCUT2D eigenvalue weighted by Crippen LogP contribution is -2.09. The Balaban J connectivity index is 3.10. The summed E-state index contributed by atoms with van der Waals surface area (Å²) in [4.78, 5) is 21.0. The highest BCUT2D eigenvalue weighted by Crippen LogP contribution is 2.12. The predicted molar refractivity (Wildman–Crippen MR) is 75.2 cm³/mol. The van der Waals surface area contributed by atoms with Gasteiger partial charge in [0.25, 0.3) is 0 Å². The number of unbranched alkanes of at least 4 members (excludes halogenated alkanes) is 10. The van der Waals surface area contributed by atoms with Gasteiger partial charge in [0.05, 0.1) is 0 Å². The standard InChI is InChI=1S/C15H28O4/c1-2-3-4-5-6-7-8-9-10-11-12-13-14(16)19-15(17)18/h2-13H2,1H3,(H,17,18). The third-order valence-corrected chi connectivity index (χ3v) is 3.19. The Kier molecular flexibility index (Phi) is 12.6. The molecule has 0 aromatic carbocycles.